The van der Waals surface area contributed by atoms with E-state index >= 15 is 0 Å². The topological polar surface area (TPSA) is 137 Å². The highest BCUT2D eigenvalue weighted by Gasteiger charge is 2.24. The molecule has 1 fully saturated rings. The zero-order chi connectivity index (χ0) is 24.8. The van der Waals surface area contributed by atoms with Crippen molar-refractivity contribution < 1.29 is 25.3 Å². The maximum absolute atomic E-state index is 11.0. The summed E-state index contributed by atoms with van der Waals surface area (Å²) in [6.07, 6.45) is 0.653. The van der Waals surface area contributed by atoms with Crippen molar-refractivity contribution in [1.82, 2.24) is 19.6 Å². The van der Waals surface area contributed by atoms with Crippen molar-refractivity contribution in [3.8, 4) is 0 Å². The van der Waals surface area contributed by atoms with Gasteiger partial charge in [-0.25, -0.2) is 0 Å². The third-order valence-electron chi connectivity index (χ3n) is 6.41. The monoisotopic (exact) mass is 483 g/mol. The molecule has 1 aromatic rings. The van der Waals surface area contributed by atoms with E-state index in [1.165, 1.54) is 12.1 Å². The normalized spacial score (nSPS) is 20.6. The van der Waals surface area contributed by atoms with Crippen LogP contribution in [0.5, 0.6) is 0 Å². The highest BCUT2D eigenvalue weighted by molar-refractivity contribution is 5.33. The van der Waals surface area contributed by atoms with Gasteiger partial charge in [0, 0.05) is 90.2 Å². The molecule has 1 aliphatic rings. The van der Waals surface area contributed by atoms with Gasteiger partial charge in [-0.3, -0.25) is 29.7 Å². The Labute approximate surface area is 201 Å². The molecule has 4 N–H and O–H groups in total. The molecule has 0 spiro atoms. The average Bonchev–Trinajstić information content (AvgIpc) is 2.82. The lowest BCUT2D eigenvalue weighted by atomic mass is 10.0. The minimum Gasteiger partial charge on any atom is -0.395 e. The summed E-state index contributed by atoms with van der Waals surface area (Å²) in [4.78, 5) is 19.5. The van der Waals surface area contributed by atoms with Crippen molar-refractivity contribution in [3.05, 3.63) is 39.9 Å². The summed E-state index contributed by atoms with van der Waals surface area (Å²) < 4.78 is 0. The van der Waals surface area contributed by atoms with Crippen LogP contribution in [0, 0.1) is 10.1 Å². The fourth-order valence-electron chi connectivity index (χ4n) is 4.46. The lowest BCUT2D eigenvalue weighted by molar-refractivity contribution is -0.384. The third kappa shape index (κ3) is 9.88. The first kappa shape index (κ1) is 28.5. The van der Waals surface area contributed by atoms with Crippen LogP contribution in [-0.4, -0.2) is 149 Å². The van der Waals surface area contributed by atoms with Crippen LogP contribution in [0.1, 0.15) is 5.56 Å². The molecule has 0 aliphatic carbocycles. The zero-order valence-corrected chi connectivity index (χ0v) is 20.0. The van der Waals surface area contributed by atoms with E-state index in [9.17, 15) is 30.5 Å². The molecule has 34 heavy (non-hydrogen) atoms. The van der Waals surface area contributed by atoms with Crippen LogP contribution in [0.15, 0.2) is 24.3 Å². The number of hydrogen-bond donors (Lipinski definition) is 4. The first-order valence-corrected chi connectivity index (χ1v) is 12.1. The molecule has 1 saturated heterocycles. The lowest BCUT2D eigenvalue weighted by Crippen LogP contribution is -2.52. The molecule has 0 saturated carbocycles. The number of nitro groups is 1. The summed E-state index contributed by atoms with van der Waals surface area (Å²) in [5.74, 6) is 0. The molecule has 1 aliphatic heterocycles. The smallest absolute Gasteiger partial charge is 0.269 e. The Morgan fingerprint density at radius 1 is 0.735 bits per heavy atom. The second-order valence-electron chi connectivity index (χ2n) is 8.70. The van der Waals surface area contributed by atoms with Gasteiger partial charge >= 0.3 is 0 Å². The highest BCUT2D eigenvalue weighted by Crippen LogP contribution is 2.16. The Bertz CT molecular complexity index is 695. The maximum atomic E-state index is 11.0. The van der Waals surface area contributed by atoms with Gasteiger partial charge in [0.05, 0.1) is 31.4 Å². The van der Waals surface area contributed by atoms with Gasteiger partial charge in [-0.1, -0.05) is 12.1 Å². The fraction of sp³-hybridized carbons (Fsp3) is 0.739. The first-order valence-electron chi connectivity index (χ1n) is 12.1. The highest BCUT2D eigenvalue weighted by atomic mass is 16.6. The molecule has 0 amide bonds. The molecule has 0 aromatic heterocycles. The molecule has 1 heterocycles. The van der Waals surface area contributed by atoms with Crippen LogP contribution in [0.25, 0.3) is 0 Å². The molecular weight excluding hydrogens is 442 g/mol. The summed E-state index contributed by atoms with van der Waals surface area (Å²) in [6.45, 7) is 7.45. The fourth-order valence-corrected chi connectivity index (χ4v) is 4.46. The van der Waals surface area contributed by atoms with Gasteiger partial charge in [0.25, 0.3) is 5.69 Å². The number of nitrogens with zero attached hydrogens (tertiary/aromatic N) is 5. The molecule has 11 heteroatoms. The number of rotatable bonds is 11. The zero-order valence-electron chi connectivity index (χ0n) is 20.0. The van der Waals surface area contributed by atoms with Gasteiger partial charge in [0.15, 0.2) is 0 Å². The Hall–Kier alpha value is -1.70. The van der Waals surface area contributed by atoms with E-state index in [-0.39, 0.29) is 38.2 Å². The van der Waals surface area contributed by atoms with E-state index in [2.05, 4.69) is 19.6 Å². The lowest BCUT2D eigenvalue weighted by Gasteiger charge is -2.38. The number of non-ortho nitro benzene ring substituents is 1. The van der Waals surface area contributed by atoms with E-state index in [4.69, 9.17) is 0 Å². The first-order chi connectivity index (χ1) is 16.5. The minimum absolute atomic E-state index is 0.0149. The largest absolute Gasteiger partial charge is 0.395 e. The predicted octanol–water partition coefficient (Wildman–Crippen LogP) is -1.30. The van der Waals surface area contributed by atoms with Gasteiger partial charge in [-0.15, -0.1) is 0 Å². The van der Waals surface area contributed by atoms with Crippen molar-refractivity contribution in [2.24, 2.45) is 0 Å². The molecule has 1 aromatic carbocycles. The van der Waals surface area contributed by atoms with Crippen LogP contribution in [0.4, 0.5) is 5.69 Å². The average molecular weight is 484 g/mol. The number of aliphatic hydroxyl groups excluding tert-OH is 4. The van der Waals surface area contributed by atoms with E-state index < -0.39 is 4.92 Å². The molecular formula is C23H41N5O6. The van der Waals surface area contributed by atoms with Crippen molar-refractivity contribution in [2.75, 3.05) is 98.4 Å². The molecule has 1 atom stereocenters. The Kier molecular flexibility index (Phi) is 13.5. The SMILES string of the molecule is O=[N+]([O-])c1ccc(CC2CN(CCO)CCN(CCO)CCN(CCO)CCN2CCO)cc1. The van der Waals surface area contributed by atoms with Crippen LogP contribution < -0.4 is 0 Å². The summed E-state index contributed by atoms with van der Waals surface area (Å²) in [6, 6.07) is 6.62. The molecule has 1 unspecified atom stereocenters. The molecule has 2 rings (SSSR count). The maximum Gasteiger partial charge on any atom is 0.269 e. The minimum atomic E-state index is -0.408. The second kappa shape index (κ2) is 16.1. The van der Waals surface area contributed by atoms with Gasteiger partial charge in [0.2, 0.25) is 0 Å². The van der Waals surface area contributed by atoms with Gasteiger partial charge in [0.1, 0.15) is 0 Å². The quantitative estimate of drug-likeness (QED) is 0.222. The number of β-amino-alcohol motifs (C(OH)–C–C–N with tert-alkyl or cyclic N) is 4. The molecule has 11 nitrogen and oxygen atoms in total. The predicted molar refractivity (Wildman–Crippen MR) is 130 cm³/mol. The number of hydrogen-bond acceptors (Lipinski definition) is 10. The van der Waals surface area contributed by atoms with Crippen molar-refractivity contribution in [2.45, 2.75) is 12.5 Å². The van der Waals surface area contributed by atoms with Crippen molar-refractivity contribution >= 4 is 5.69 Å². The second-order valence-corrected chi connectivity index (χ2v) is 8.70. The Balaban J connectivity index is 2.27. The van der Waals surface area contributed by atoms with Crippen LogP contribution >= 0.6 is 0 Å². The Morgan fingerprint density at radius 2 is 1.21 bits per heavy atom. The summed E-state index contributed by atoms with van der Waals surface area (Å²) >= 11 is 0. The standard InChI is InChI=1S/C23H41N5O6/c29-15-11-24-5-6-25(12-16-30)9-10-27(14-18-32)23(20-26(8-7-24)13-17-31)19-21-1-3-22(4-2-21)28(33)34/h1-4,23,29-32H,5-20H2. The van der Waals surface area contributed by atoms with Crippen LogP contribution in [0.3, 0.4) is 0 Å². The summed E-state index contributed by atoms with van der Waals surface area (Å²) in [7, 11) is 0. The summed E-state index contributed by atoms with van der Waals surface area (Å²) in [5, 5.41) is 49.4. The van der Waals surface area contributed by atoms with Gasteiger partial charge in [-0.05, 0) is 12.0 Å². The van der Waals surface area contributed by atoms with E-state index in [0.29, 0.717) is 45.7 Å². The van der Waals surface area contributed by atoms with E-state index in [0.717, 1.165) is 38.3 Å². The van der Waals surface area contributed by atoms with E-state index in [1.807, 2.05) is 0 Å². The third-order valence-corrected chi connectivity index (χ3v) is 6.41. The van der Waals surface area contributed by atoms with Crippen LogP contribution in [0.2, 0.25) is 0 Å². The summed E-state index contributed by atoms with van der Waals surface area (Å²) in [5.41, 5.74) is 1.03. The Morgan fingerprint density at radius 3 is 1.71 bits per heavy atom. The molecule has 0 radical (unpaired) electrons. The number of aliphatic hydroxyl groups is 4. The molecule has 0 bridgehead atoms. The van der Waals surface area contributed by atoms with E-state index in [1.54, 1.807) is 12.1 Å². The molecule has 194 valence electrons. The number of nitro benzene ring substituents is 1. The van der Waals surface area contributed by atoms with Crippen molar-refractivity contribution in [1.29, 1.82) is 0 Å². The van der Waals surface area contributed by atoms with Crippen LogP contribution in [-0.2, 0) is 6.42 Å². The van der Waals surface area contributed by atoms with Gasteiger partial charge < -0.3 is 20.4 Å². The van der Waals surface area contributed by atoms with Gasteiger partial charge in [-0.2, -0.15) is 0 Å². The number of benzene rings is 1. The van der Waals surface area contributed by atoms with Crippen molar-refractivity contribution in [3.63, 3.8) is 0 Å².